The van der Waals surface area contributed by atoms with Crippen LogP contribution in [0.4, 0.5) is 0 Å². The zero-order chi connectivity index (χ0) is 16.7. The first-order chi connectivity index (χ1) is 11.1. The summed E-state index contributed by atoms with van der Waals surface area (Å²) in [6.07, 6.45) is -0.674. The Balaban J connectivity index is 2.08. The van der Waals surface area contributed by atoms with Crippen LogP contribution in [0.2, 0.25) is 0 Å². The lowest BCUT2D eigenvalue weighted by molar-refractivity contribution is -0.127. The van der Waals surface area contributed by atoms with Gasteiger partial charge in [-0.15, -0.1) is 0 Å². The minimum absolute atomic E-state index is 0.314. The smallest absolute Gasteiger partial charge is 0.279 e. The molecule has 0 saturated heterocycles. The summed E-state index contributed by atoms with van der Waals surface area (Å²) in [6.45, 7) is 1.68. The quantitative estimate of drug-likeness (QED) is 0.593. The van der Waals surface area contributed by atoms with Crippen molar-refractivity contribution in [3.63, 3.8) is 0 Å². The van der Waals surface area contributed by atoms with Crippen LogP contribution in [0.25, 0.3) is 11.1 Å². The number of hydrazine groups is 1. The lowest BCUT2D eigenvalue weighted by Crippen LogP contribution is -2.49. The van der Waals surface area contributed by atoms with Gasteiger partial charge >= 0.3 is 0 Å². The molecule has 0 unspecified atom stereocenters. The highest BCUT2D eigenvalue weighted by molar-refractivity contribution is 7.80. The molecule has 0 fully saturated rings. The van der Waals surface area contributed by atoms with Gasteiger partial charge in [0, 0.05) is 12.6 Å². The lowest BCUT2D eigenvalue weighted by atomic mass is 10.0. The molecule has 1 amide bonds. The molecule has 5 nitrogen and oxygen atoms in total. The first-order valence-corrected chi connectivity index (χ1v) is 7.61. The molecule has 0 spiro atoms. The van der Waals surface area contributed by atoms with Gasteiger partial charge in [-0.3, -0.25) is 15.6 Å². The van der Waals surface area contributed by atoms with Gasteiger partial charge in [-0.1, -0.05) is 48.5 Å². The fraction of sp³-hybridized carbons (Fsp3) is 0.176. The van der Waals surface area contributed by atoms with Crippen LogP contribution in [0.15, 0.2) is 54.6 Å². The minimum Gasteiger partial charge on any atom is -0.480 e. The van der Waals surface area contributed by atoms with Gasteiger partial charge in [-0.25, -0.2) is 0 Å². The molecule has 2 aromatic carbocycles. The number of hydrogen-bond donors (Lipinski definition) is 3. The van der Waals surface area contributed by atoms with Crippen LogP contribution < -0.4 is 20.9 Å². The molecule has 6 heteroatoms. The fourth-order valence-electron chi connectivity index (χ4n) is 1.95. The van der Waals surface area contributed by atoms with Crippen LogP contribution in [-0.4, -0.2) is 24.2 Å². The van der Waals surface area contributed by atoms with E-state index in [1.54, 1.807) is 14.0 Å². The predicted molar refractivity (Wildman–Crippen MR) is 94.9 cm³/mol. The molecular weight excluding hydrogens is 310 g/mol. The van der Waals surface area contributed by atoms with Crippen molar-refractivity contribution in [1.29, 1.82) is 0 Å². The maximum atomic E-state index is 12.0. The van der Waals surface area contributed by atoms with Crippen molar-refractivity contribution in [2.45, 2.75) is 13.0 Å². The summed E-state index contributed by atoms with van der Waals surface area (Å²) in [5, 5.41) is 3.03. The molecule has 0 saturated carbocycles. The fourth-order valence-corrected chi connectivity index (χ4v) is 2.00. The van der Waals surface area contributed by atoms with Gasteiger partial charge in [0.2, 0.25) is 0 Å². The van der Waals surface area contributed by atoms with E-state index >= 15 is 0 Å². The summed E-state index contributed by atoms with van der Waals surface area (Å²) in [6, 6.07) is 17.5. The highest BCUT2D eigenvalue weighted by atomic mass is 32.1. The average molecular weight is 329 g/mol. The summed E-state index contributed by atoms with van der Waals surface area (Å²) < 4.78 is 5.81. The highest BCUT2D eigenvalue weighted by Crippen LogP contribution is 2.30. The van der Waals surface area contributed by atoms with E-state index < -0.39 is 6.10 Å². The van der Waals surface area contributed by atoms with E-state index in [0.29, 0.717) is 10.9 Å². The Morgan fingerprint density at radius 3 is 2.39 bits per heavy atom. The molecule has 0 bridgehead atoms. The minimum atomic E-state index is -0.674. The Kier molecular flexibility index (Phi) is 5.94. The number of rotatable bonds is 4. The third-order valence-electron chi connectivity index (χ3n) is 3.17. The topological polar surface area (TPSA) is 62.4 Å². The Labute approximate surface area is 141 Å². The normalized spacial score (nSPS) is 11.2. The van der Waals surface area contributed by atoms with Gasteiger partial charge in [0.15, 0.2) is 11.2 Å². The second-order valence-corrected chi connectivity index (χ2v) is 5.22. The van der Waals surface area contributed by atoms with Crippen LogP contribution in [0.3, 0.4) is 0 Å². The highest BCUT2D eigenvalue weighted by Gasteiger charge is 2.16. The monoisotopic (exact) mass is 329 g/mol. The van der Waals surface area contributed by atoms with Crippen LogP contribution in [-0.2, 0) is 4.79 Å². The van der Waals surface area contributed by atoms with Crippen LogP contribution in [0.5, 0.6) is 5.75 Å². The van der Waals surface area contributed by atoms with E-state index in [-0.39, 0.29) is 5.91 Å². The Hall–Kier alpha value is -2.60. The molecular formula is C17H19N3O2S. The Morgan fingerprint density at radius 2 is 1.70 bits per heavy atom. The van der Waals surface area contributed by atoms with Crippen molar-refractivity contribution in [3.8, 4) is 16.9 Å². The van der Waals surface area contributed by atoms with E-state index in [9.17, 15) is 4.79 Å². The number of carbonyl (C=O) groups is 1. The zero-order valence-corrected chi connectivity index (χ0v) is 13.8. The third kappa shape index (κ3) is 4.69. The summed E-state index contributed by atoms with van der Waals surface area (Å²) in [5.41, 5.74) is 7.05. The molecule has 0 aliphatic carbocycles. The van der Waals surface area contributed by atoms with Crippen LogP contribution >= 0.6 is 12.2 Å². The number of carbonyl (C=O) groups excluding carboxylic acids is 1. The molecule has 0 aliphatic rings. The largest absolute Gasteiger partial charge is 0.480 e. The summed E-state index contributed by atoms with van der Waals surface area (Å²) in [7, 11) is 1.66. The van der Waals surface area contributed by atoms with E-state index in [1.807, 2.05) is 54.6 Å². The van der Waals surface area contributed by atoms with Gasteiger partial charge in [0.1, 0.15) is 5.75 Å². The molecule has 2 aromatic rings. The molecule has 0 radical (unpaired) electrons. The number of hydrogen-bond acceptors (Lipinski definition) is 3. The van der Waals surface area contributed by atoms with Crippen molar-refractivity contribution in [1.82, 2.24) is 16.2 Å². The maximum Gasteiger partial charge on any atom is 0.279 e. The molecule has 0 heterocycles. The van der Waals surface area contributed by atoms with Gasteiger partial charge in [-0.05, 0) is 30.8 Å². The number of ether oxygens (including phenoxy) is 1. The summed E-state index contributed by atoms with van der Waals surface area (Å²) in [5.74, 6) is 0.336. The number of thiocarbonyl (C=S) groups is 1. The standard InChI is InChI=1S/C17H19N3O2S/c1-12(16(21)19-20-17(23)18-2)22-15-11-7-6-10-14(15)13-8-4-3-5-9-13/h3-12H,1-2H3,(H,19,21)(H2,18,20,23)/t12-/m1/s1. The van der Waals surface area contributed by atoms with Gasteiger partial charge in [0.05, 0.1) is 0 Å². The number of para-hydroxylation sites is 1. The number of benzene rings is 2. The van der Waals surface area contributed by atoms with Gasteiger partial charge in [0.25, 0.3) is 5.91 Å². The first-order valence-electron chi connectivity index (χ1n) is 7.20. The zero-order valence-electron chi connectivity index (χ0n) is 13.0. The SMILES string of the molecule is CNC(=S)NNC(=O)[C@@H](C)Oc1ccccc1-c1ccccc1. The second kappa shape index (κ2) is 8.14. The second-order valence-electron chi connectivity index (χ2n) is 4.82. The molecule has 3 N–H and O–H groups in total. The molecule has 0 aliphatic heterocycles. The van der Waals surface area contributed by atoms with Crippen LogP contribution in [0, 0.1) is 0 Å². The molecule has 0 aromatic heterocycles. The van der Waals surface area contributed by atoms with Crippen molar-refractivity contribution >= 4 is 23.2 Å². The van der Waals surface area contributed by atoms with E-state index in [0.717, 1.165) is 11.1 Å². The number of amides is 1. The van der Waals surface area contributed by atoms with Crippen molar-refractivity contribution in [3.05, 3.63) is 54.6 Å². The average Bonchev–Trinajstić information content (AvgIpc) is 2.60. The Morgan fingerprint density at radius 1 is 1.04 bits per heavy atom. The van der Waals surface area contributed by atoms with Crippen molar-refractivity contribution < 1.29 is 9.53 Å². The lowest BCUT2D eigenvalue weighted by Gasteiger charge is -2.18. The van der Waals surface area contributed by atoms with Crippen molar-refractivity contribution in [2.75, 3.05) is 7.05 Å². The predicted octanol–water partition coefficient (Wildman–Crippen LogP) is 2.25. The third-order valence-corrected chi connectivity index (χ3v) is 3.48. The number of nitrogens with one attached hydrogen (secondary N) is 3. The molecule has 120 valence electrons. The van der Waals surface area contributed by atoms with Crippen molar-refractivity contribution in [2.24, 2.45) is 0 Å². The maximum absolute atomic E-state index is 12.0. The van der Waals surface area contributed by atoms with E-state index in [2.05, 4.69) is 16.2 Å². The summed E-state index contributed by atoms with van der Waals surface area (Å²) >= 11 is 4.90. The first kappa shape index (κ1) is 16.8. The van der Waals surface area contributed by atoms with E-state index in [1.165, 1.54) is 0 Å². The molecule has 1 atom stereocenters. The van der Waals surface area contributed by atoms with Gasteiger partial charge in [-0.2, -0.15) is 0 Å². The van der Waals surface area contributed by atoms with Gasteiger partial charge < -0.3 is 10.1 Å². The Bertz CT molecular complexity index is 677. The summed E-state index contributed by atoms with van der Waals surface area (Å²) in [4.78, 5) is 12.0. The molecule has 23 heavy (non-hydrogen) atoms. The van der Waals surface area contributed by atoms with Crippen LogP contribution in [0.1, 0.15) is 6.92 Å². The van der Waals surface area contributed by atoms with E-state index in [4.69, 9.17) is 17.0 Å². The molecule has 2 rings (SSSR count).